The molecule has 0 aromatic rings. The molecule has 5 rings (SSSR count). The van der Waals surface area contributed by atoms with Crippen LogP contribution in [-0.4, -0.2) is 12.1 Å². The topological polar surface area (TPSA) is 26.3 Å². The fourth-order valence-corrected chi connectivity index (χ4v) is 13.3. The van der Waals surface area contributed by atoms with Gasteiger partial charge in [0.2, 0.25) is 0 Å². The third kappa shape index (κ3) is 8.04. The molecule has 0 aromatic carbocycles. The van der Waals surface area contributed by atoms with Crippen molar-refractivity contribution in [1.82, 2.24) is 0 Å². The van der Waals surface area contributed by atoms with Crippen LogP contribution in [0.2, 0.25) is 0 Å². The Labute approximate surface area is 304 Å². The lowest BCUT2D eigenvalue weighted by Gasteiger charge is -2.62. The van der Waals surface area contributed by atoms with Crippen LogP contribution in [0.15, 0.2) is 36.0 Å². The van der Waals surface area contributed by atoms with Gasteiger partial charge in [0.05, 0.1) is 0 Å². The summed E-state index contributed by atoms with van der Waals surface area (Å²) in [5, 5.41) is 0. The molecule has 5 saturated carbocycles. The number of carbonyl (C=O) groups excluding carboxylic acids is 1. The summed E-state index contributed by atoms with van der Waals surface area (Å²) < 4.78 is 6.30. The summed E-state index contributed by atoms with van der Waals surface area (Å²) in [4.78, 5) is 13.0. The van der Waals surface area contributed by atoms with Gasteiger partial charge in [-0.05, 0) is 174 Å². The Kier molecular flexibility index (Phi) is 13.5. The zero-order valence-electron chi connectivity index (χ0n) is 33.4. The van der Waals surface area contributed by atoms with Crippen LogP contribution in [0.25, 0.3) is 0 Å². The summed E-state index contributed by atoms with van der Waals surface area (Å²) in [5.41, 5.74) is 3.62. The molecule has 5 aliphatic rings. The summed E-state index contributed by atoms with van der Waals surface area (Å²) in [6.45, 7) is 17.3. The van der Waals surface area contributed by atoms with Crippen LogP contribution in [0.5, 0.6) is 0 Å². The van der Waals surface area contributed by atoms with Crippen molar-refractivity contribution >= 4 is 5.97 Å². The average Bonchev–Trinajstić information content (AvgIpc) is 3.65. The Balaban J connectivity index is 1.02. The first-order valence-corrected chi connectivity index (χ1v) is 21.7. The second kappa shape index (κ2) is 17.0. The molecule has 2 nitrogen and oxygen atoms in total. The minimum absolute atomic E-state index is 0.0781. The number of carbonyl (C=O) groups is 1. The van der Waals surface area contributed by atoms with Gasteiger partial charge in [0.1, 0.15) is 6.10 Å². The van der Waals surface area contributed by atoms with Crippen molar-refractivity contribution in [1.29, 1.82) is 0 Å². The molecule has 10 atom stereocenters. The summed E-state index contributed by atoms with van der Waals surface area (Å²) in [6.07, 6.45) is 41.1. The second-order valence-electron chi connectivity index (χ2n) is 18.9. The smallest absolute Gasteiger partial charge is 0.306 e. The van der Waals surface area contributed by atoms with E-state index in [0.29, 0.717) is 34.0 Å². The Morgan fingerprint density at radius 3 is 2.22 bits per heavy atom. The predicted octanol–water partition coefficient (Wildman–Crippen LogP) is 14.1. The predicted molar refractivity (Wildman–Crippen MR) is 209 cm³/mol. The molecule has 0 aromatic heterocycles. The van der Waals surface area contributed by atoms with Crippen molar-refractivity contribution in [2.45, 2.75) is 202 Å². The standard InChI is InChI=1S/C47H78O2/c1-8-9-10-11-12-13-14-15-16-17-18-19-20-21-22-26-43(48)49-41-30-32-46-35-47(46)34-33-44(6)39(37(4)25-23-24-36(2)3)29-31-45(44,7)42(47)28-27-40(46)38(41)5/h12-13,15-16,24,37-42H,8-11,14,17-23,25-35H2,1-7H3/b13-12-,16-15-/t37-,38+,39-,40+,41+,42+,44-,45+,46-,47+/m1/s1. The van der Waals surface area contributed by atoms with E-state index >= 15 is 0 Å². The van der Waals surface area contributed by atoms with Gasteiger partial charge in [0.15, 0.2) is 0 Å². The molecule has 0 aliphatic heterocycles. The summed E-state index contributed by atoms with van der Waals surface area (Å²) in [5.74, 6) is 4.00. The minimum Gasteiger partial charge on any atom is -0.462 e. The molecule has 0 bridgehead atoms. The number of allylic oxidation sites excluding steroid dienone is 6. The van der Waals surface area contributed by atoms with Gasteiger partial charge in [-0.3, -0.25) is 4.79 Å². The number of unbranched alkanes of at least 4 members (excludes halogenated alkanes) is 8. The van der Waals surface area contributed by atoms with E-state index in [4.69, 9.17) is 4.74 Å². The number of esters is 1. The molecule has 2 heteroatoms. The Hall–Kier alpha value is -1.31. The van der Waals surface area contributed by atoms with Crippen LogP contribution < -0.4 is 0 Å². The molecule has 0 heterocycles. The largest absolute Gasteiger partial charge is 0.462 e. The van der Waals surface area contributed by atoms with Crippen LogP contribution in [0.3, 0.4) is 0 Å². The van der Waals surface area contributed by atoms with E-state index in [1.54, 1.807) is 0 Å². The maximum atomic E-state index is 13.0. The molecular weight excluding hydrogens is 597 g/mol. The first-order valence-electron chi connectivity index (χ1n) is 21.7. The molecule has 5 aliphatic carbocycles. The van der Waals surface area contributed by atoms with Gasteiger partial charge in [-0.25, -0.2) is 0 Å². The maximum absolute atomic E-state index is 13.0. The molecule has 2 spiro atoms. The number of fused-ring (bicyclic) bond motifs is 2. The lowest BCUT2D eigenvalue weighted by molar-refractivity contribution is -0.167. The third-order valence-electron chi connectivity index (χ3n) is 16.2. The lowest BCUT2D eigenvalue weighted by Crippen LogP contribution is -2.56. The van der Waals surface area contributed by atoms with Gasteiger partial charge in [0, 0.05) is 6.42 Å². The molecule has 0 N–H and O–H groups in total. The van der Waals surface area contributed by atoms with E-state index in [9.17, 15) is 4.79 Å². The third-order valence-corrected chi connectivity index (χ3v) is 16.2. The molecule has 278 valence electrons. The van der Waals surface area contributed by atoms with Gasteiger partial charge in [-0.15, -0.1) is 0 Å². The number of rotatable bonds is 19. The minimum atomic E-state index is 0.0781. The normalized spacial score (nSPS) is 38.5. The number of ether oxygens (including phenoxy) is 1. The highest BCUT2D eigenvalue weighted by Crippen LogP contribution is 2.88. The van der Waals surface area contributed by atoms with Crippen LogP contribution in [0.1, 0.15) is 196 Å². The second-order valence-corrected chi connectivity index (χ2v) is 18.9. The summed E-state index contributed by atoms with van der Waals surface area (Å²) >= 11 is 0. The first kappa shape index (κ1) is 38.9. The highest BCUT2D eigenvalue weighted by atomic mass is 16.5. The Bertz CT molecular complexity index is 1160. The highest BCUT2D eigenvalue weighted by Gasteiger charge is 2.81. The van der Waals surface area contributed by atoms with Crippen molar-refractivity contribution in [3.8, 4) is 0 Å². The first-order chi connectivity index (χ1) is 23.5. The summed E-state index contributed by atoms with van der Waals surface area (Å²) in [6, 6.07) is 0. The Morgan fingerprint density at radius 1 is 0.776 bits per heavy atom. The van der Waals surface area contributed by atoms with Crippen molar-refractivity contribution in [2.24, 2.45) is 51.2 Å². The molecular formula is C47H78O2. The number of hydrogen-bond acceptors (Lipinski definition) is 2. The van der Waals surface area contributed by atoms with E-state index in [-0.39, 0.29) is 12.1 Å². The van der Waals surface area contributed by atoms with Crippen molar-refractivity contribution < 1.29 is 9.53 Å². The van der Waals surface area contributed by atoms with Gasteiger partial charge < -0.3 is 4.74 Å². The van der Waals surface area contributed by atoms with E-state index in [1.807, 2.05) is 0 Å². The van der Waals surface area contributed by atoms with Crippen molar-refractivity contribution in [3.63, 3.8) is 0 Å². The van der Waals surface area contributed by atoms with E-state index < -0.39 is 0 Å². The molecule has 5 fully saturated rings. The van der Waals surface area contributed by atoms with Crippen LogP contribution >= 0.6 is 0 Å². The fraction of sp³-hybridized carbons (Fsp3) is 0.851. The zero-order chi connectivity index (χ0) is 35.1. The van der Waals surface area contributed by atoms with E-state index in [0.717, 1.165) is 49.4 Å². The van der Waals surface area contributed by atoms with Gasteiger partial charge in [-0.1, -0.05) is 103 Å². The molecule has 0 radical (unpaired) electrons. The lowest BCUT2D eigenvalue weighted by atomic mass is 9.43. The van der Waals surface area contributed by atoms with E-state index in [2.05, 4.69) is 78.8 Å². The average molecular weight is 675 g/mol. The number of hydrogen-bond donors (Lipinski definition) is 0. The Morgan fingerprint density at radius 2 is 1.49 bits per heavy atom. The monoisotopic (exact) mass is 675 g/mol. The highest BCUT2D eigenvalue weighted by molar-refractivity contribution is 5.69. The van der Waals surface area contributed by atoms with Gasteiger partial charge in [0.25, 0.3) is 0 Å². The molecule has 49 heavy (non-hydrogen) atoms. The van der Waals surface area contributed by atoms with Crippen LogP contribution in [0.4, 0.5) is 0 Å². The van der Waals surface area contributed by atoms with Gasteiger partial charge >= 0.3 is 5.97 Å². The fourth-order valence-electron chi connectivity index (χ4n) is 13.3. The van der Waals surface area contributed by atoms with Gasteiger partial charge in [-0.2, -0.15) is 0 Å². The zero-order valence-corrected chi connectivity index (χ0v) is 33.4. The van der Waals surface area contributed by atoms with Crippen molar-refractivity contribution in [3.05, 3.63) is 36.0 Å². The van der Waals surface area contributed by atoms with Crippen LogP contribution in [0, 0.1) is 51.2 Å². The van der Waals surface area contributed by atoms with Crippen molar-refractivity contribution in [2.75, 3.05) is 0 Å². The maximum Gasteiger partial charge on any atom is 0.306 e. The molecule has 0 unspecified atom stereocenters. The molecule has 0 saturated heterocycles. The van der Waals surface area contributed by atoms with E-state index in [1.165, 1.54) is 121 Å². The summed E-state index contributed by atoms with van der Waals surface area (Å²) in [7, 11) is 0. The SMILES string of the molecule is CCCCC/C=C\C/C=C\CCCCCCCC(=O)O[C@H]1CC[C@]23C[C@]24CC[C@]2(C)[C@@H]([C@H](C)CCC=C(C)C)CC[C@@]2(C)[C@@H]4CC[C@H]3[C@@H]1C. The molecule has 0 amide bonds. The van der Waals surface area contributed by atoms with Crippen LogP contribution in [-0.2, 0) is 9.53 Å². The quantitative estimate of drug-likeness (QED) is 0.0774.